The molecule has 1 atom stereocenters. The van der Waals surface area contributed by atoms with E-state index in [4.69, 9.17) is 10.5 Å². The first-order chi connectivity index (χ1) is 9.72. The average molecular weight is 277 g/mol. The summed E-state index contributed by atoms with van der Waals surface area (Å²) in [6.45, 7) is 4.41. The van der Waals surface area contributed by atoms with E-state index in [0.717, 1.165) is 18.9 Å². The number of nitrogens with zero attached hydrogens (tertiary/aromatic N) is 4. The van der Waals surface area contributed by atoms with E-state index in [1.165, 1.54) is 32.1 Å². The number of ether oxygens (including phenoxy) is 1. The van der Waals surface area contributed by atoms with E-state index in [1.54, 1.807) is 0 Å². The summed E-state index contributed by atoms with van der Waals surface area (Å²) in [5.41, 5.74) is 5.89. The van der Waals surface area contributed by atoms with Gasteiger partial charge < -0.3 is 15.4 Å². The van der Waals surface area contributed by atoms with Crippen molar-refractivity contribution in [3.8, 4) is 0 Å². The van der Waals surface area contributed by atoms with Gasteiger partial charge in [0, 0.05) is 19.0 Å². The van der Waals surface area contributed by atoms with Crippen molar-refractivity contribution >= 4 is 11.9 Å². The number of anilines is 2. The van der Waals surface area contributed by atoms with E-state index in [2.05, 4.69) is 26.8 Å². The standard InChI is InChI=1S/C14H23N5O/c1-10-9-19(7-8-20-10)14-17-12(16-13(15)18-14)11-5-3-2-4-6-11/h10-11H,2-9H2,1H3,(H2,15,16,17,18)/t10-/m0/s1. The molecule has 0 aromatic carbocycles. The molecule has 1 aromatic rings. The van der Waals surface area contributed by atoms with Crippen molar-refractivity contribution in [1.82, 2.24) is 15.0 Å². The zero-order chi connectivity index (χ0) is 13.9. The van der Waals surface area contributed by atoms with Crippen molar-refractivity contribution in [3.63, 3.8) is 0 Å². The van der Waals surface area contributed by atoms with Crippen molar-refractivity contribution in [2.45, 2.75) is 51.0 Å². The molecular formula is C14H23N5O. The summed E-state index contributed by atoms with van der Waals surface area (Å²) < 4.78 is 5.56. The lowest BCUT2D eigenvalue weighted by atomic mass is 9.89. The molecule has 1 aromatic heterocycles. The maximum Gasteiger partial charge on any atom is 0.230 e. The second-order valence-corrected chi connectivity index (χ2v) is 5.81. The van der Waals surface area contributed by atoms with E-state index in [-0.39, 0.29) is 6.10 Å². The van der Waals surface area contributed by atoms with Crippen LogP contribution in [-0.2, 0) is 4.74 Å². The third-order valence-electron chi connectivity index (χ3n) is 4.15. The first-order valence-electron chi connectivity index (χ1n) is 7.60. The van der Waals surface area contributed by atoms with Crippen molar-refractivity contribution in [2.75, 3.05) is 30.3 Å². The second-order valence-electron chi connectivity index (χ2n) is 5.81. The summed E-state index contributed by atoms with van der Waals surface area (Å²) in [5.74, 6) is 2.39. The Morgan fingerprint density at radius 1 is 1.15 bits per heavy atom. The van der Waals surface area contributed by atoms with Gasteiger partial charge in [-0.15, -0.1) is 0 Å². The van der Waals surface area contributed by atoms with Crippen LogP contribution in [0.5, 0.6) is 0 Å². The Hall–Kier alpha value is -1.43. The molecule has 110 valence electrons. The minimum atomic E-state index is 0.208. The fourth-order valence-electron chi connectivity index (χ4n) is 3.08. The molecule has 1 aliphatic heterocycles. The fourth-order valence-corrected chi connectivity index (χ4v) is 3.08. The van der Waals surface area contributed by atoms with Crippen LogP contribution in [-0.4, -0.2) is 40.8 Å². The topological polar surface area (TPSA) is 77.2 Å². The van der Waals surface area contributed by atoms with Crippen LogP contribution >= 0.6 is 0 Å². The molecule has 0 spiro atoms. The Morgan fingerprint density at radius 3 is 2.70 bits per heavy atom. The van der Waals surface area contributed by atoms with Crippen LogP contribution in [0.2, 0.25) is 0 Å². The third kappa shape index (κ3) is 3.00. The Morgan fingerprint density at radius 2 is 1.95 bits per heavy atom. The zero-order valence-electron chi connectivity index (χ0n) is 12.1. The molecule has 0 radical (unpaired) electrons. The highest BCUT2D eigenvalue weighted by atomic mass is 16.5. The first kappa shape index (κ1) is 13.5. The number of hydrogen-bond donors (Lipinski definition) is 1. The molecule has 6 heteroatoms. The van der Waals surface area contributed by atoms with E-state index in [0.29, 0.717) is 24.4 Å². The third-order valence-corrected chi connectivity index (χ3v) is 4.15. The normalized spacial score (nSPS) is 24.9. The minimum Gasteiger partial charge on any atom is -0.375 e. The molecule has 1 saturated heterocycles. The Bertz CT molecular complexity index is 461. The highest BCUT2D eigenvalue weighted by Gasteiger charge is 2.23. The highest BCUT2D eigenvalue weighted by Crippen LogP contribution is 2.31. The highest BCUT2D eigenvalue weighted by molar-refractivity contribution is 5.36. The monoisotopic (exact) mass is 277 g/mol. The molecular weight excluding hydrogens is 254 g/mol. The number of rotatable bonds is 2. The Balaban J connectivity index is 1.82. The molecule has 2 aliphatic rings. The van der Waals surface area contributed by atoms with E-state index in [9.17, 15) is 0 Å². The summed E-state index contributed by atoms with van der Waals surface area (Å²) in [6, 6.07) is 0. The lowest BCUT2D eigenvalue weighted by molar-refractivity contribution is 0.0526. The molecule has 0 unspecified atom stereocenters. The van der Waals surface area contributed by atoms with Gasteiger partial charge in [-0.3, -0.25) is 0 Å². The van der Waals surface area contributed by atoms with Crippen LogP contribution in [0.25, 0.3) is 0 Å². The smallest absolute Gasteiger partial charge is 0.230 e. The zero-order valence-corrected chi connectivity index (χ0v) is 12.1. The Kier molecular flexibility index (Phi) is 4.00. The van der Waals surface area contributed by atoms with Gasteiger partial charge in [0.1, 0.15) is 5.82 Å². The second kappa shape index (κ2) is 5.91. The van der Waals surface area contributed by atoms with Gasteiger partial charge in [0.25, 0.3) is 0 Å². The predicted octanol–water partition coefficient (Wildman–Crippen LogP) is 1.73. The van der Waals surface area contributed by atoms with Gasteiger partial charge in [-0.05, 0) is 19.8 Å². The molecule has 6 nitrogen and oxygen atoms in total. The first-order valence-corrected chi connectivity index (χ1v) is 7.60. The van der Waals surface area contributed by atoms with Gasteiger partial charge in [-0.2, -0.15) is 15.0 Å². The largest absolute Gasteiger partial charge is 0.375 e. The number of morpholine rings is 1. The maximum atomic E-state index is 5.89. The van der Waals surface area contributed by atoms with Crippen LogP contribution in [0.3, 0.4) is 0 Å². The molecule has 0 bridgehead atoms. The Labute approximate surface area is 119 Å². The predicted molar refractivity (Wildman–Crippen MR) is 77.7 cm³/mol. The van der Waals surface area contributed by atoms with Crippen molar-refractivity contribution in [1.29, 1.82) is 0 Å². The number of aromatic nitrogens is 3. The molecule has 20 heavy (non-hydrogen) atoms. The van der Waals surface area contributed by atoms with Crippen LogP contribution in [0.4, 0.5) is 11.9 Å². The van der Waals surface area contributed by atoms with Crippen LogP contribution < -0.4 is 10.6 Å². The lowest BCUT2D eigenvalue weighted by Gasteiger charge is -2.31. The van der Waals surface area contributed by atoms with Crippen LogP contribution in [0.15, 0.2) is 0 Å². The van der Waals surface area contributed by atoms with Gasteiger partial charge in [0.2, 0.25) is 11.9 Å². The van der Waals surface area contributed by atoms with Gasteiger partial charge in [-0.1, -0.05) is 19.3 Å². The van der Waals surface area contributed by atoms with Gasteiger partial charge in [0.15, 0.2) is 0 Å². The fraction of sp³-hybridized carbons (Fsp3) is 0.786. The number of nitrogens with two attached hydrogens (primary N) is 1. The molecule has 0 amide bonds. The van der Waals surface area contributed by atoms with E-state index >= 15 is 0 Å². The van der Waals surface area contributed by atoms with E-state index in [1.807, 2.05) is 0 Å². The summed E-state index contributed by atoms with van der Waals surface area (Å²) in [7, 11) is 0. The van der Waals surface area contributed by atoms with Crippen molar-refractivity contribution < 1.29 is 4.74 Å². The van der Waals surface area contributed by atoms with E-state index < -0.39 is 0 Å². The number of hydrogen-bond acceptors (Lipinski definition) is 6. The molecule has 1 aliphatic carbocycles. The number of nitrogen functional groups attached to an aromatic ring is 1. The quantitative estimate of drug-likeness (QED) is 0.887. The van der Waals surface area contributed by atoms with Gasteiger partial charge in [-0.25, -0.2) is 0 Å². The lowest BCUT2D eigenvalue weighted by Crippen LogP contribution is -2.42. The summed E-state index contributed by atoms with van der Waals surface area (Å²) in [6.07, 6.45) is 6.40. The van der Waals surface area contributed by atoms with Crippen LogP contribution in [0.1, 0.15) is 50.8 Å². The van der Waals surface area contributed by atoms with Crippen molar-refractivity contribution in [2.24, 2.45) is 0 Å². The molecule has 3 rings (SSSR count). The average Bonchev–Trinajstić information content (AvgIpc) is 2.47. The molecule has 2 heterocycles. The van der Waals surface area contributed by atoms with Crippen molar-refractivity contribution in [3.05, 3.63) is 5.82 Å². The van der Waals surface area contributed by atoms with Gasteiger partial charge in [0.05, 0.1) is 12.7 Å². The molecule has 1 saturated carbocycles. The van der Waals surface area contributed by atoms with Gasteiger partial charge >= 0.3 is 0 Å². The SMILES string of the molecule is C[C@H]1CN(c2nc(N)nc(C3CCCCC3)n2)CCO1. The summed E-state index contributed by atoms with van der Waals surface area (Å²) in [4.78, 5) is 15.5. The molecule has 2 N–H and O–H groups in total. The summed E-state index contributed by atoms with van der Waals surface area (Å²) >= 11 is 0. The maximum absolute atomic E-state index is 5.89. The van der Waals surface area contributed by atoms with Crippen LogP contribution in [0, 0.1) is 0 Å². The minimum absolute atomic E-state index is 0.208. The summed E-state index contributed by atoms with van der Waals surface area (Å²) in [5, 5.41) is 0. The molecule has 2 fully saturated rings.